The Morgan fingerprint density at radius 2 is 2.38 bits per heavy atom. The van der Waals surface area contributed by atoms with Crippen LogP contribution in [0.25, 0.3) is 0 Å². The van der Waals surface area contributed by atoms with E-state index in [0.29, 0.717) is 18.3 Å². The van der Waals surface area contributed by atoms with Crippen LogP contribution in [-0.2, 0) is 22.5 Å². The summed E-state index contributed by atoms with van der Waals surface area (Å²) < 4.78 is 7.58. The molecule has 1 fully saturated rings. The topological polar surface area (TPSA) is 47.4 Å². The Labute approximate surface area is 126 Å². The van der Waals surface area contributed by atoms with Crippen LogP contribution in [0.5, 0.6) is 0 Å². The lowest BCUT2D eigenvalue weighted by molar-refractivity contribution is -0.130. The third-order valence-electron chi connectivity index (χ3n) is 4.80. The third-order valence-corrected chi connectivity index (χ3v) is 4.80. The van der Waals surface area contributed by atoms with Gasteiger partial charge in [0.05, 0.1) is 0 Å². The number of carbonyl (C=O) groups excluding carboxylic acids is 1. The van der Waals surface area contributed by atoms with Crippen molar-refractivity contribution in [3.8, 4) is 0 Å². The molecule has 2 atom stereocenters. The maximum Gasteiger partial charge on any atom is 0.222 e. The van der Waals surface area contributed by atoms with Crippen molar-refractivity contribution in [2.75, 3.05) is 26.8 Å². The second-order valence-corrected chi connectivity index (χ2v) is 6.44. The molecule has 2 unspecified atom stereocenters. The van der Waals surface area contributed by atoms with Crippen LogP contribution in [0.1, 0.15) is 31.5 Å². The molecule has 0 spiro atoms. The van der Waals surface area contributed by atoms with Gasteiger partial charge in [-0.05, 0) is 31.1 Å². The average molecular weight is 291 g/mol. The van der Waals surface area contributed by atoms with Crippen LogP contribution < -0.4 is 0 Å². The van der Waals surface area contributed by atoms with Gasteiger partial charge in [-0.3, -0.25) is 4.79 Å². The number of hydrogen-bond acceptors (Lipinski definition) is 3. The van der Waals surface area contributed by atoms with Crippen molar-refractivity contribution in [1.82, 2.24) is 14.5 Å². The first-order chi connectivity index (χ1) is 10.2. The van der Waals surface area contributed by atoms with Crippen molar-refractivity contribution >= 4 is 5.91 Å². The van der Waals surface area contributed by atoms with E-state index in [1.54, 1.807) is 0 Å². The molecule has 1 aromatic rings. The van der Waals surface area contributed by atoms with Crippen molar-refractivity contribution in [1.29, 1.82) is 0 Å². The Bertz CT molecular complexity index is 480. The lowest BCUT2D eigenvalue weighted by Gasteiger charge is -2.28. The minimum absolute atomic E-state index is 0.274. The number of carbonyl (C=O) groups is 1. The minimum atomic E-state index is 0.274. The zero-order chi connectivity index (χ0) is 14.7. The fourth-order valence-electron chi connectivity index (χ4n) is 3.39. The van der Waals surface area contributed by atoms with Gasteiger partial charge in [-0.1, -0.05) is 0 Å². The molecule has 0 bridgehead atoms. The Morgan fingerprint density at radius 1 is 1.48 bits per heavy atom. The molecular weight excluding hydrogens is 266 g/mol. The highest BCUT2D eigenvalue weighted by Gasteiger charge is 2.23. The number of amides is 1. The Kier molecular flexibility index (Phi) is 4.58. The van der Waals surface area contributed by atoms with E-state index in [0.717, 1.165) is 57.8 Å². The molecule has 3 rings (SSSR count). The largest absolute Gasteiger partial charge is 0.381 e. The van der Waals surface area contributed by atoms with Gasteiger partial charge < -0.3 is 14.2 Å². The summed E-state index contributed by atoms with van der Waals surface area (Å²) in [6, 6.07) is 0. The van der Waals surface area contributed by atoms with E-state index in [9.17, 15) is 4.79 Å². The highest BCUT2D eigenvalue weighted by molar-refractivity contribution is 5.75. The highest BCUT2D eigenvalue weighted by atomic mass is 16.5. The number of rotatable bonds is 5. The number of imidazole rings is 1. The Hall–Kier alpha value is -1.36. The van der Waals surface area contributed by atoms with Crippen molar-refractivity contribution in [2.24, 2.45) is 11.8 Å². The van der Waals surface area contributed by atoms with Crippen LogP contribution in [0, 0.1) is 11.8 Å². The van der Waals surface area contributed by atoms with Gasteiger partial charge in [0.1, 0.15) is 5.82 Å². The second kappa shape index (κ2) is 6.60. The van der Waals surface area contributed by atoms with Crippen LogP contribution in [0.3, 0.4) is 0 Å². The van der Waals surface area contributed by atoms with Crippen LogP contribution in [-0.4, -0.2) is 47.2 Å². The predicted octanol–water partition coefficient (Wildman–Crippen LogP) is 1.72. The number of ether oxygens (including phenoxy) is 1. The summed E-state index contributed by atoms with van der Waals surface area (Å²) in [5.74, 6) is 2.57. The van der Waals surface area contributed by atoms with E-state index in [1.165, 1.54) is 0 Å². The molecule has 1 saturated heterocycles. The summed E-state index contributed by atoms with van der Waals surface area (Å²) in [5.41, 5.74) is 0. The van der Waals surface area contributed by atoms with Crippen molar-refractivity contribution in [2.45, 2.75) is 38.6 Å². The molecule has 1 amide bonds. The van der Waals surface area contributed by atoms with Crippen molar-refractivity contribution in [3.05, 3.63) is 18.2 Å². The first-order valence-corrected chi connectivity index (χ1v) is 8.04. The molecule has 21 heavy (non-hydrogen) atoms. The van der Waals surface area contributed by atoms with Crippen LogP contribution in [0.4, 0.5) is 0 Å². The quantitative estimate of drug-likeness (QED) is 0.830. The molecular formula is C16H25N3O2. The smallest absolute Gasteiger partial charge is 0.222 e. The molecule has 0 aliphatic carbocycles. The van der Waals surface area contributed by atoms with Gasteiger partial charge in [-0.15, -0.1) is 0 Å². The molecule has 116 valence electrons. The molecule has 0 N–H and O–H groups in total. The zero-order valence-corrected chi connectivity index (χ0v) is 12.8. The van der Waals surface area contributed by atoms with Gasteiger partial charge in [0.15, 0.2) is 0 Å². The van der Waals surface area contributed by atoms with E-state index in [4.69, 9.17) is 4.74 Å². The van der Waals surface area contributed by atoms with E-state index in [-0.39, 0.29) is 5.91 Å². The number of aromatic nitrogens is 2. The lowest BCUT2D eigenvalue weighted by atomic mass is 9.97. The van der Waals surface area contributed by atoms with Gasteiger partial charge in [0.25, 0.3) is 0 Å². The number of aryl methyl sites for hydroxylation is 1. The summed E-state index contributed by atoms with van der Waals surface area (Å²) in [5, 5.41) is 0. The van der Waals surface area contributed by atoms with Crippen LogP contribution in [0.15, 0.2) is 12.4 Å². The lowest BCUT2D eigenvalue weighted by Crippen LogP contribution is -2.35. The summed E-state index contributed by atoms with van der Waals surface area (Å²) >= 11 is 0. The summed E-state index contributed by atoms with van der Waals surface area (Å²) in [4.78, 5) is 18.5. The predicted molar refractivity (Wildman–Crippen MR) is 79.8 cm³/mol. The van der Waals surface area contributed by atoms with Crippen molar-refractivity contribution < 1.29 is 9.53 Å². The maximum atomic E-state index is 12.2. The maximum absolute atomic E-state index is 12.2. The molecule has 5 nitrogen and oxygen atoms in total. The summed E-state index contributed by atoms with van der Waals surface area (Å²) in [6.45, 7) is 3.58. The molecule has 0 radical (unpaired) electrons. The number of fused-ring (bicyclic) bond motifs is 1. The number of nitrogens with zero attached hydrogens (tertiary/aromatic N) is 3. The fourth-order valence-corrected chi connectivity index (χ4v) is 3.39. The van der Waals surface area contributed by atoms with Gasteiger partial charge in [-0.2, -0.15) is 0 Å². The van der Waals surface area contributed by atoms with Crippen LogP contribution >= 0.6 is 0 Å². The molecule has 0 saturated carbocycles. The van der Waals surface area contributed by atoms with E-state index >= 15 is 0 Å². The van der Waals surface area contributed by atoms with Crippen molar-refractivity contribution in [3.63, 3.8) is 0 Å². The first-order valence-electron chi connectivity index (χ1n) is 8.04. The average Bonchev–Trinajstić information content (AvgIpc) is 3.15. The van der Waals surface area contributed by atoms with Gasteiger partial charge in [0, 0.05) is 58.6 Å². The van der Waals surface area contributed by atoms with E-state index in [2.05, 4.69) is 9.55 Å². The molecule has 0 aromatic carbocycles. The highest BCUT2D eigenvalue weighted by Crippen LogP contribution is 2.21. The standard InChI is InChI=1S/C16H25N3O2/c1-18(16(20)3-2-13-5-9-21-12-13)11-14-4-7-19-8-6-17-15(19)10-14/h6,8,13-14H,2-5,7,9-12H2,1H3. The molecule has 5 heteroatoms. The zero-order valence-electron chi connectivity index (χ0n) is 12.8. The van der Waals surface area contributed by atoms with Gasteiger partial charge in [-0.25, -0.2) is 4.98 Å². The third kappa shape index (κ3) is 3.64. The van der Waals surface area contributed by atoms with Crippen LogP contribution in [0.2, 0.25) is 0 Å². The number of hydrogen-bond donors (Lipinski definition) is 0. The normalized spacial score (nSPS) is 24.8. The Balaban J connectivity index is 1.43. The molecule has 2 aliphatic heterocycles. The van der Waals surface area contributed by atoms with E-state index < -0.39 is 0 Å². The molecule has 2 aliphatic rings. The molecule has 1 aromatic heterocycles. The SMILES string of the molecule is CN(CC1CCn2ccnc2C1)C(=O)CCC1CCOC1. The fraction of sp³-hybridized carbons (Fsp3) is 0.750. The van der Waals surface area contributed by atoms with Gasteiger partial charge in [0.2, 0.25) is 5.91 Å². The molecule has 3 heterocycles. The monoisotopic (exact) mass is 291 g/mol. The second-order valence-electron chi connectivity index (χ2n) is 6.44. The Morgan fingerprint density at radius 3 is 3.19 bits per heavy atom. The minimum Gasteiger partial charge on any atom is -0.381 e. The van der Waals surface area contributed by atoms with E-state index in [1.807, 2.05) is 24.3 Å². The summed E-state index contributed by atoms with van der Waals surface area (Å²) in [6.07, 6.45) is 8.78. The summed E-state index contributed by atoms with van der Waals surface area (Å²) in [7, 11) is 1.94. The first kappa shape index (κ1) is 14.6. The van der Waals surface area contributed by atoms with Gasteiger partial charge >= 0.3 is 0 Å².